The largest absolute Gasteiger partial charge is 0.306 e. The molecule has 0 saturated carbocycles. The van der Waals surface area contributed by atoms with Gasteiger partial charge in [0.05, 0.1) is 5.71 Å². The summed E-state index contributed by atoms with van der Waals surface area (Å²) >= 11 is 5.81. The Labute approximate surface area is 126 Å². The van der Waals surface area contributed by atoms with Gasteiger partial charge in [0.25, 0.3) is 11.5 Å². The second-order valence-electron chi connectivity index (χ2n) is 4.41. The van der Waals surface area contributed by atoms with Crippen molar-refractivity contribution in [2.45, 2.75) is 13.5 Å². The lowest BCUT2D eigenvalue weighted by Crippen LogP contribution is -2.29. The van der Waals surface area contributed by atoms with Crippen molar-refractivity contribution in [3.63, 3.8) is 0 Å². The summed E-state index contributed by atoms with van der Waals surface area (Å²) in [5.74, 6) is -0.364. The molecule has 108 valence electrons. The molecule has 1 heterocycles. The molecule has 6 heteroatoms. The number of halogens is 1. The molecule has 1 aromatic heterocycles. The van der Waals surface area contributed by atoms with Crippen LogP contribution in [0.15, 0.2) is 58.6 Å². The van der Waals surface area contributed by atoms with Gasteiger partial charge >= 0.3 is 0 Å². The predicted octanol–water partition coefficient (Wildman–Crippen LogP) is 2.04. The highest BCUT2D eigenvalue weighted by Gasteiger charge is 2.03. The van der Waals surface area contributed by atoms with E-state index in [1.165, 1.54) is 10.6 Å². The van der Waals surface area contributed by atoms with E-state index in [1.54, 1.807) is 37.4 Å². The van der Waals surface area contributed by atoms with Gasteiger partial charge in [-0.25, -0.2) is 5.43 Å². The summed E-state index contributed by atoms with van der Waals surface area (Å²) < 4.78 is 1.31. The fraction of sp³-hybridized carbons (Fsp3) is 0.133. The first kappa shape index (κ1) is 15.0. The highest BCUT2D eigenvalue weighted by atomic mass is 35.5. The standard InChI is InChI=1S/C15H14ClN3O2/c1-11(12-5-7-13(16)8-6-12)17-18-14(20)10-19-9-3-2-4-15(19)21/h2-9H,10H2,1H3,(H,18,20)/b17-11-. The first-order chi connectivity index (χ1) is 10.1. The lowest BCUT2D eigenvalue weighted by atomic mass is 10.1. The number of pyridine rings is 1. The van der Waals surface area contributed by atoms with Gasteiger partial charge in [-0.1, -0.05) is 29.8 Å². The van der Waals surface area contributed by atoms with Gasteiger partial charge in [0, 0.05) is 17.3 Å². The molecule has 21 heavy (non-hydrogen) atoms. The lowest BCUT2D eigenvalue weighted by molar-refractivity contribution is -0.121. The molecule has 5 nitrogen and oxygen atoms in total. The number of nitrogens with one attached hydrogen (secondary N) is 1. The van der Waals surface area contributed by atoms with Crippen molar-refractivity contribution in [3.8, 4) is 0 Å². The van der Waals surface area contributed by atoms with Gasteiger partial charge in [-0.2, -0.15) is 5.10 Å². The molecular formula is C15H14ClN3O2. The Balaban J connectivity index is 2.00. The van der Waals surface area contributed by atoms with Crippen molar-refractivity contribution >= 4 is 23.2 Å². The second kappa shape index (κ2) is 6.85. The van der Waals surface area contributed by atoms with E-state index >= 15 is 0 Å². The van der Waals surface area contributed by atoms with Crippen molar-refractivity contribution in [2.24, 2.45) is 5.10 Å². The highest BCUT2D eigenvalue weighted by Crippen LogP contribution is 2.09. The van der Waals surface area contributed by atoms with Crippen LogP contribution in [0.5, 0.6) is 0 Å². The van der Waals surface area contributed by atoms with E-state index in [-0.39, 0.29) is 18.0 Å². The smallest absolute Gasteiger partial charge is 0.260 e. The zero-order valence-electron chi connectivity index (χ0n) is 11.4. The Morgan fingerprint density at radius 3 is 2.62 bits per heavy atom. The molecule has 0 spiro atoms. The summed E-state index contributed by atoms with van der Waals surface area (Å²) in [6.07, 6.45) is 1.55. The summed E-state index contributed by atoms with van der Waals surface area (Å²) in [6.45, 7) is 1.70. The molecule has 0 aliphatic rings. The maximum atomic E-state index is 11.8. The van der Waals surface area contributed by atoms with Gasteiger partial charge in [-0.15, -0.1) is 0 Å². The van der Waals surface area contributed by atoms with Crippen LogP contribution in [-0.4, -0.2) is 16.2 Å². The molecular weight excluding hydrogens is 290 g/mol. The minimum absolute atomic E-state index is 0.0724. The summed E-state index contributed by atoms with van der Waals surface area (Å²) in [5.41, 5.74) is 3.71. The van der Waals surface area contributed by atoms with E-state index in [9.17, 15) is 9.59 Å². The van der Waals surface area contributed by atoms with E-state index in [4.69, 9.17) is 11.6 Å². The summed E-state index contributed by atoms with van der Waals surface area (Å²) in [5, 5.41) is 4.65. The Morgan fingerprint density at radius 2 is 1.95 bits per heavy atom. The van der Waals surface area contributed by atoms with Gasteiger partial charge in [0.2, 0.25) is 0 Å². The first-order valence-electron chi connectivity index (χ1n) is 6.31. The minimum atomic E-state index is -0.364. The number of aromatic nitrogens is 1. The fourth-order valence-electron chi connectivity index (χ4n) is 1.68. The zero-order chi connectivity index (χ0) is 15.2. The van der Waals surface area contributed by atoms with E-state index in [0.29, 0.717) is 10.7 Å². The molecule has 1 N–H and O–H groups in total. The van der Waals surface area contributed by atoms with Crippen LogP contribution in [0.4, 0.5) is 0 Å². The fourth-order valence-corrected chi connectivity index (χ4v) is 1.81. The van der Waals surface area contributed by atoms with Crippen LogP contribution in [0.3, 0.4) is 0 Å². The van der Waals surface area contributed by atoms with Crippen molar-refractivity contribution in [3.05, 3.63) is 69.6 Å². The molecule has 1 amide bonds. The second-order valence-corrected chi connectivity index (χ2v) is 4.84. The summed E-state index contributed by atoms with van der Waals surface area (Å²) in [7, 11) is 0. The van der Waals surface area contributed by atoms with Gasteiger partial charge in [0.1, 0.15) is 6.54 Å². The lowest BCUT2D eigenvalue weighted by Gasteiger charge is -2.05. The number of hydrogen-bond acceptors (Lipinski definition) is 3. The number of hydrogen-bond donors (Lipinski definition) is 1. The number of benzene rings is 1. The van der Waals surface area contributed by atoms with E-state index in [2.05, 4.69) is 10.5 Å². The van der Waals surface area contributed by atoms with Crippen LogP contribution in [-0.2, 0) is 11.3 Å². The number of amides is 1. The molecule has 0 radical (unpaired) electrons. The number of carbonyl (C=O) groups excluding carboxylic acids is 1. The predicted molar refractivity (Wildman–Crippen MR) is 82.5 cm³/mol. The van der Waals surface area contributed by atoms with E-state index in [1.807, 2.05) is 12.1 Å². The Morgan fingerprint density at radius 1 is 1.24 bits per heavy atom. The SMILES string of the molecule is C/C(=N/NC(=O)Cn1ccccc1=O)c1ccc(Cl)cc1. The topological polar surface area (TPSA) is 63.5 Å². The van der Waals surface area contributed by atoms with Crippen molar-refractivity contribution in [1.29, 1.82) is 0 Å². The Hall–Kier alpha value is -2.40. The van der Waals surface area contributed by atoms with Crippen LogP contribution >= 0.6 is 11.6 Å². The summed E-state index contributed by atoms with van der Waals surface area (Å²) in [4.78, 5) is 23.2. The third-order valence-corrected chi connectivity index (χ3v) is 3.08. The maximum absolute atomic E-state index is 11.8. The van der Waals surface area contributed by atoms with Gasteiger partial charge in [0.15, 0.2) is 0 Å². The van der Waals surface area contributed by atoms with Crippen molar-refractivity contribution < 1.29 is 4.79 Å². The first-order valence-corrected chi connectivity index (χ1v) is 6.68. The highest BCUT2D eigenvalue weighted by molar-refractivity contribution is 6.30. The molecule has 0 aliphatic heterocycles. The molecule has 0 bridgehead atoms. The Kier molecular flexibility index (Phi) is 4.90. The van der Waals surface area contributed by atoms with Crippen LogP contribution < -0.4 is 11.0 Å². The average molecular weight is 304 g/mol. The number of hydrazone groups is 1. The molecule has 0 fully saturated rings. The maximum Gasteiger partial charge on any atom is 0.260 e. The van der Waals surface area contributed by atoms with Crippen molar-refractivity contribution in [2.75, 3.05) is 0 Å². The van der Waals surface area contributed by atoms with Crippen LogP contribution in [0.1, 0.15) is 12.5 Å². The molecule has 0 aliphatic carbocycles. The molecule has 0 unspecified atom stereocenters. The van der Waals surface area contributed by atoms with Crippen LogP contribution in [0.2, 0.25) is 5.02 Å². The van der Waals surface area contributed by atoms with Gasteiger partial charge in [-0.3, -0.25) is 9.59 Å². The quantitative estimate of drug-likeness (QED) is 0.694. The molecule has 0 atom stereocenters. The third-order valence-electron chi connectivity index (χ3n) is 2.82. The van der Waals surface area contributed by atoms with Gasteiger partial charge in [-0.05, 0) is 30.7 Å². The zero-order valence-corrected chi connectivity index (χ0v) is 12.2. The van der Waals surface area contributed by atoms with Gasteiger partial charge < -0.3 is 4.57 Å². The monoisotopic (exact) mass is 303 g/mol. The average Bonchev–Trinajstić information content (AvgIpc) is 2.48. The molecule has 1 aromatic carbocycles. The number of rotatable bonds is 4. The van der Waals surface area contributed by atoms with Crippen LogP contribution in [0, 0.1) is 0 Å². The number of nitrogens with zero attached hydrogens (tertiary/aromatic N) is 2. The minimum Gasteiger partial charge on any atom is -0.306 e. The van der Waals surface area contributed by atoms with Crippen molar-refractivity contribution in [1.82, 2.24) is 9.99 Å². The van der Waals surface area contributed by atoms with Crippen LogP contribution in [0.25, 0.3) is 0 Å². The number of carbonyl (C=O) groups is 1. The van der Waals surface area contributed by atoms with E-state index in [0.717, 1.165) is 5.56 Å². The molecule has 0 saturated heterocycles. The molecule has 2 aromatic rings. The Bertz CT molecular complexity index is 720. The van der Waals surface area contributed by atoms with E-state index < -0.39 is 0 Å². The third kappa shape index (κ3) is 4.29. The molecule has 2 rings (SSSR count). The normalized spacial score (nSPS) is 11.2. The summed E-state index contributed by atoms with van der Waals surface area (Å²) in [6, 6.07) is 11.8.